The van der Waals surface area contributed by atoms with Gasteiger partial charge in [-0.1, -0.05) is 60.7 Å². The summed E-state index contributed by atoms with van der Waals surface area (Å²) in [6.45, 7) is 11.7. The number of β-lactam (4-membered cyclic amide) rings is 2. The van der Waals surface area contributed by atoms with Crippen LogP contribution in [0.3, 0.4) is 0 Å². The van der Waals surface area contributed by atoms with Crippen LogP contribution in [0.2, 0.25) is 0 Å². The van der Waals surface area contributed by atoms with Crippen molar-refractivity contribution >= 4 is 80.6 Å². The molecule has 18 heteroatoms. The van der Waals surface area contributed by atoms with E-state index >= 15 is 0 Å². The molecule has 0 radical (unpaired) electrons. The Morgan fingerprint density at radius 1 is 0.633 bits per heavy atom. The second-order valence-corrected chi connectivity index (χ2v) is 18.8. The molecular formula is C42H46N4NaO11S2+. The SMILES string of the molecule is CCOc1ccc2ccccc2c1C(=O)N[C@@H]1C(=O)N2[C@@H]1SC(C)(C)[C@@H]2C(=O)O.CCOc1ccc2ccccc2c1C(=O)N[C@@H]1C(=O)N2[C@@H]1SC(C)(C)[C@@H]2C(=O)O.O.[Na+]. The molecule has 15 nitrogen and oxygen atoms in total. The van der Waals surface area contributed by atoms with Crippen LogP contribution in [0.1, 0.15) is 62.3 Å². The summed E-state index contributed by atoms with van der Waals surface area (Å²) in [5.41, 5.74) is 0.765. The largest absolute Gasteiger partial charge is 1.00 e. The number of nitrogens with one attached hydrogen (secondary N) is 2. The Bertz CT molecular complexity index is 2220. The average Bonchev–Trinajstić information content (AvgIpc) is 3.60. The van der Waals surface area contributed by atoms with Crippen molar-refractivity contribution in [1.29, 1.82) is 0 Å². The number of amides is 4. The van der Waals surface area contributed by atoms with Crippen LogP contribution in [0.5, 0.6) is 11.5 Å². The van der Waals surface area contributed by atoms with Gasteiger partial charge in [-0.25, -0.2) is 9.59 Å². The van der Waals surface area contributed by atoms with Gasteiger partial charge in [0, 0.05) is 9.49 Å². The molecule has 4 aliphatic rings. The van der Waals surface area contributed by atoms with Crippen LogP contribution in [-0.2, 0) is 19.2 Å². The molecule has 60 heavy (non-hydrogen) atoms. The second-order valence-electron chi connectivity index (χ2n) is 15.3. The van der Waals surface area contributed by atoms with Crippen LogP contribution in [0.4, 0.5) is 0 Å². The van der Waals surface area contributed by atoms with E-state index in [4.69, 9.17) is 9.47 Å². The van der Waals surface area contributed by atoms with Gasteiger partial charge < -0.3 is 45.6 Å². The van der Waals surface area contributed by atoms with E-state index in [1.165, 1.54) is 33.3 Å². The molecule has 4 amide bonds. The van der Waals surface area contributed by atoms with Gasteiger partial charge in [-0.05, 0) is 75.2 Å². The first-order chi connectivity index (χ1) is 27.5. The maximum atomic E-state index is 13.2. The van der Waals surface area contributed by atoms with Gasteiger partial charge in [-0.2, -0.15) is 0 Å². The number of carbonyl (C=O) groups is 6. The van der Waals surface area contributed by atoms with Crippen molar-refractivity contribution < 1.29 is 83.5 Å². The van der Waals surface area contributed by atoms with Crippen LogP contribution in [0.25, 0.3) is 21.5 Å². The molecule has 6 N–H and O–H groups in total. The zero-order valence-corrected chi connectivity index (χ0v) is 37.8. The number of carbonyl (C=O) groups excluding carboxylic acids is 4. The maximum Gasteiger partial charge on any atom is 1.00 e. The van der Waals surface area contributed by atoms with Crippen molar-refractivity contribution in [1.82, 2.24) is 20.4 Å². The minimum atomic E-state index is -1.03. The Labute approximate surface area is 376 Å². The number of rotatable bonds is 10. The van der Waals surface area contributed by atoms with Crippen LogP contribution in [0.15, 0.2) is 72.8 Å². The molecule has 6 atom stereocenters. The number of thioether (sulfide) groups is 2. The van der Waals surface area contributed by atoms with Crippen molar-refractivity contribution in [3.63, 3.8) is 0 Å². The van der Waals surface area contributed by atoms with E-state index in [0.29, 0.717) is 35.8 Å². The van der Waals surface area contributed by atoms with Crippen molar-refractivity contribution in [3.8, 4) is 11.5 Å². The second kappa shape index (κ2) is 17.8. The van der Waals surface area contributed by atoms with E-state index in [0.717, 1.165) is 21.5 Å². The van der Waals surface area contributed by atoms with Gasteiger partial charge >= 0.3 is 41.5 Å². The summed E-state index contributed by atoms with van der Waals surface area (Å²) in [6.07, 6.45) is 0. The summed E-state index contributed by atoms with van der Waals surface area (Å²) in [5, 5.41) is 27.2. The van der Waals surface area contributed by atoms with Gasteiger partial charge in [-0.3, -0.25) is 19.2 Å². The molecule has 4 saturated heterocycles. The number of carboxylic acids is 2. The topological polar surface area (TPSA) is 223 Å². The van der Waals surface area contributed by atoms with Crippen LogP contribution in [-0.4, -0.2) is 119 Å². The maximum absolute atomic E-state index is 13.2. The Morgan fingerprint density at radius 2 is 0.983 bits per heavy atom. The minimum Gasteiger partial charge on any atom is -0.493 e. The van der Waals surface area contributed by atoms with Gasteiger partial charge in [0.1, 0.15) is 46.4 Å². The van der Waals surface area contributed by atoms with Gasteiger partial charge in [0.15, 0.2) is 0 Å². The Balaban J connectivity index is 0.000000220. The van der Waals surface area contributed by atoms with E-state index in [1.54, 1.807) is 39.8 Å². The van der Waals surface area contributed by atoms with Gasteiger partial charge in [0.2, 0.25) is 11.8 Å². The number of carboxylic acid groups (broad SMARTS) is 2. The number of hydrogen-bond donors (Lipinski definition) is 4. The molecule has 4 heterocycles. The first-order valence-corrected chi connectivity index (χ1v) is 20.6. The molecule has 4 fully saturated rings. The van der Waals surface area contributed by atoms with Gasteiger partial charge in [0.05, 0.1) is 24.3 Å². The van der Waals surface area contributed by atoms with Crippen LogP contribution >= 0.6 is 23.5 Å². The van der Waals surface area contributed by atoms with E-state index < -0.39 is 68.2 Å². The van der Waals surface area contributed by atoms with Gasteiger partial charge in [-0.15, -0.1) is 23.5 Å². The molecule has 312 valence electrons. The number of nitrogens with zero attached hydrogens (tertiary/aromatic N) is 2. The van der Waals surface area contributed by atoms with Crippen LogP contribution in [0, 0.1) is 0 Å². The van der Waals surface area contributed by atoms with Crippen molar-refractivity contribution in [2.75, 3.05) is 13.2 Å². The summed E-state index contributed by atoms with van der Waals surface area (Å²) in [7, 11) is 0. The third kappa shape index (κ3) is 8.02. The Morgan fingerprint density at radius 3 is 1.32 bits per heavy atom. The number of aliphatic carboxylic acids is 2. The summed E-state index contributed by atoms with van der Waals surface area (Å²) < 4.78 is 10.0. The minimum absolute atomic E-state index is 0. The van der Waals surface area contributed by atoms with Crippen molar-refractivity contribution in [2.45, 2.75) is 86.0 Å². The Hall–Kier alpha value is -4.52. The van der Waals surface area contributed by atoms with Crippen molar-refractivity contribution in [3.05, 3.63) is 83.9 Å². The first-order valence-electron chi connectivity index (χ1n) is 18.9. The zero-order chi connectivity index (χ0) is 41.8. The molecule has 0 unspecified atom stereocenters. The number of ether oxygens (including phenoxy) is 2. The first kappa shape index (κ1) is 46.5. The molecule has 4 aliphatic heterocycles. The smallest absolute Gasteiger partial charge is 0.493 e. The molecule has 4 aromatic carbocycles. The quantitative estimate of drug-likeness (QED) is 0.130. The fourth-order valence-corrected chi connectivity index (χ4v) is 11.5. The molecule has 8 rings (SSSR count). The monoisotopic (exact) mass is 869 g/mol. The van der Waals surface area contributed by atoms with Crippen LogP contribution < -0.4 is 49.7 Å². The normalized spacial score (nSPS) is 23.9. The van der Waals surface area contributed by atoms with Gasteiger partial charge in [0.25, 0.3) is 11.8 Å². The average molecular weight is 870 g/mol. The molecule has 0 aromatic heterocycles. The van der Waals surface area contributed by atoms with E-state index in [1.807, 2.05) is 74.5 Å². The molecule has 4 aromatic rings. The summed E-state index contributed by atoms with van der Waals surface area (Å²) in [4.78, 5) is 77.8. The zero-order valence-electron chi connectivity index (χ0n) is 34.2. The molecule has 0 aliphatic carbocycles. The molecule has 0 bridgehead atoms. The fraction of sp³-hybridized carbons (Fsp3) is 0.381. The standard InChI is InChI=1S/2C21H22N2O5S.Na.H2O/c2*1-4-28-13-10-9-11-7-5-6-8-12(11)14(13)17(24)22-15-18(25)23-16(20(26)27)21(2,3)29-19(15)23;;/h2*5-10,15-16,19H,4H2,1-3H3,(H,22,24)(H,26,27);;1H2/q;;+1;/t2*15-,16+,19-;;/m11../s1. The summed E-state index contributed by atoms with van der Waals surface area (Å²) >= 11 is 2.80. The van der Waals surface area contributed by atoms with E-state index in [2.05, 4.69) is 10.6 Å². The predicted octanol–water partition coefficient (Wildman–Crippen LogP) is 1.15. The molecule has 0 saturated carbocycles. The predicted molar refractivity (Wildman–Crippen MR) is 224 cm³/mol. The summed E-state index contributed by atoms with van der Waals surface area (Å²) in [5.74, 6) is -2.70. The van der Waals surface area contributed by atoms with Crippen molar-refractivity contribution in [2.24, 2.45) is 0 Å². The number of hydrogen-bond acceptors (Lipinski definition) is 10. The molecular weight excluding hydrogens is 824 g/mol. The third-order valence-electron chi connectivity index (χ3n) is 10.8. The third-order valence-corrected chi connectivity index (χ3v) is 13.9. The van der Waals surface area contributed by atoms with E-state index in [9.17, 15) is 39.0 Å². The summed E-state index contributed by atoms with van der Waals surface area (Å²) in [6, 6.07) is 18.9. The molecule has 0 spiro atoms. The number of fused-ring (bicyclic) bond motifs is 4. The Kier molecular flexibility index (Phi) is 13.8. The van der Waals surface area contributed by atoms with E-state index in [-0.39, 0.29) is 46.8 Å². The fourth-order valence-electron chi connectivity index (χ4n) is 8.24. The number of benzene rings is 4.